The molecule has 0 amide bonds. The fourth-order valence-corrected chi connectivity index (χ4v) is 0.491. The summed E-state index contributed by atoms with van der Waals surface area (Å²) in [5.74, 6) is 0. The molecule has 0 fully saturated rings. The molecule has 0 aromatic rings. The van der Waals surface area contributed by atoms with Crippen molar-refractivity contribution >= 4 is 5.71 Å². The Kier molecular flexibility index (Phi) is 4.32. The third-order valence-corrected chi connectivity index (χ3v) is 0.930. The lowest BCUT2D eigenvalue weighted by molar-refractivity contribution is 0.318. The van der Waals surface area contributed by atoms with Crippen LogP contribution in [-0.2, 0) is 0 Å². The van der Waals surface area contributed by atoms with Gasteiger partial charge in [0.2, 0.25) is 0 Å². The monoisotopic (exact) mass is 114 g/mol. The molecule has 0 unspecified atom stereocenters. The van der Waals surface area contributed by atoms with Crippen molar-refractivity contribution in [2.24, 2.45) is 5.16 Å². The molecule has 0 aliphatic carbocycles. The normalized spacial score (nSPS) is 12.0. The van der Waals surface area contributed by atoms with E-state index in [2.05, 4.69) is 5.16 Å². The number of hydrogen-bond donors (Lipinski definition) is 1. The van der Waals surface area contributed by atoms with Gasteiger partial charge in [0.25, 0.3) is 0 Å². The SMILES string of the molecule is CC[CH]/C(CC)=N/O. The summed E-state index contributed by atoms with van der Waals surface area (Å²) in [4.78, 5) is 0. The van der Waals surface area contributed by atoms with Crippen LogP contribution >= 0.6 is 0 Å². The summed E-state index contributed by atoms with van der Waals surface area (Å²) in [6, 6.07) is 0. The Morgan fingerprint density at radius 1 is 1.62 bits per heavy atom. The molecule has 0 heterocycles. The maximum absolute atomic E-state index is 8.21. The lowest BCUT2D eigenvalue weighted by Gasteiger charge is -1.93. The van der Waals surface area contributed by atoms with E-state index in [4.69, 9.17) is 5.21 Å². The highest BCUT2D eigenvalue weighted by molar-refractivity contribution is 5.91. The van der Waals surface area contributed by atoms with Crippen molar-refractivity contribution in [3.8, 4) is 0 Å². The molecule has 0 aliphatic heterocycles. The van der Waals surface area contributed by atoms with Crippen LogP contribution in [0.2, 0.25) is 0 Å². The van der Waals surface area contributed by atoms with Crippen LogP contribution in [0.15, 0.2) is 5.16 Å². The van der Waals surface area contributed by atoms with Gasteiger partial charge in [0.15, 0.2) is 0 Å². The molecule has 0 aromatic heterocycles. The van der Waals surface area contributed by atoms with Gasteiger partial charge in [0.1, 0.15) is 0 Å². The Bertz CT molecular complexity index is 78.6. The summed E-state index contributed by atoms with van der Waals surface area (Å²) in [5.41, 5.74) is 0.771. The molecule has 0 aliphatic rings. The number of hydrogen-bond acceptors (Lipinski definition) is 2. The van der Waals surface area contributed by atoms with Crippen LogP contribution < -0.4 is 0 Å². The molecule has 0 spiro atoms. The molecule has 0 saturated carbocycles. The van der Waals surface area contributed by atoms with Crippen molar-refractivity contribution < 1.29 is 5.21 Å². The van der Waals surface area contributed by atoms with Crippen molar-refractivity contribution in [1.29, 1.82) is 0 Å². The second kappa shape index (κ2) is 4.62. The van der Waals surface area contributed by atoms with Gasteiger partial charge in [-0.15, -0.1) is 0 Å². The summed E-state index contributed by atoms with van der Waals surface area (Å²) in [6.07, 6.45) is 3.65. The van der Waals surface area contributed by atoms with E-state index in [-0.39, 0.29) is 0 Å². The summed E-state index contributed by atoms with van der Waals surface area (Å²) in [7, 11) is 0. The lowest BCUT2D eigenvalue weighted by Crippen LogP contribution is -1.94. The fraction of sp³-hybridized carbons (Fsp3) is 0.667. The van der Waals surface area contributed by atoms with Crippen molar-refractivity contribution in [2.45, 2.75) is 26.7 Å². The summed E-state index contributed by atoms with van der Waals surface area (Å²) >= 11 is 0. The van der Waals surface area contributed by atoms with Crippen LogP contribution in [0.4, 0.5) is 0 Å². The molecule has 0 rings (SSSR count). The lowest BCUT2D eigenvalue weighted by atomic mass is 10.2. The topological polar surface area (TPSA) is 32.6 Å². The van der Waals surface area contributed by atoms with Crippen molar-refractivity contribution in [1.82, 2.24) is 0 Å². The van der Waals surface area contributed by atoms with Gasteiger partial charge in [-0.3, -0.25) is 0 Å². The molecule has 0 saturated heterocycles. The Morgan fingerprint density at radius 2 is 2.25 bits per heavy atom. The van der Waals surface area contributed by atoms with Gasteiger partial charge in [-0.1, -0.05) is 19.0 Å². The van der Waals surface area contributed by atoms with Crippen LogP contribution in [0, 0.1) is 6.42 Å². The molecular weight excluding hydrogens is 102 g/mol. The van der Waals surface area contributed by atoms with E-state index in [0.29, 0.717) is 0 Å². The smallest absolute Gasteiger partial charge is 0.0605 e. The second-order valence-corrected chi connectivity index (χ2v) is 1.56. The predicted molar refractivity (Wildman–Crippen MR) is 34.1 cm³/mol. The van der Waals surface area contributed by atoms with E-state index in [9.17, 15) is 0 Å². The quantitative estimate of drug-likeness (QED) is 0.339. The molecule has 0 bridgehead atoms. The molecule has 0 aromatic carbocycles. The van der Waals surface area contributed by atoms with E-state index in [1.165, 1.54) is 0 Å². The van der Waals surface area contributed by atoms with Gasteiger partial charge >= 0.3 is 0 Å². The average molecular weight is 114 g/mol. The Balaban J connectivity index is 3.38. The third-order valence-electron chi connectivity index (χ3n) is 0.930. The zero-order valence-electron chi connectivity index (χ0n) is 5.39. The van der Waals surface area contributed by atoms with Crippen molar-refractivity contribution in [3.05, 3.63) is 6.42 Å². The molecular formula is C6H12NO. The van der Waals surface area contributed by atoms with E-state index in [1.807, 2.05) is 20.3 Å². The maximum atomic E-state index is 8.21. The molecule has 2 heteroatoms. The van der Waals surface area contributed by atoms with E-state index < -0.39 is 0 Å². The molecule has 1 radical (unpaired) electrons. The van der Waals surface area contributed by atoms with Crippen molar-refractivity contribution in [3.63, 3.8) is 0 Å². The summed E-state index contributed by atoms with van der Waals surface area (Å²) < 4.78 is 0. The van der Waals surface area contributed by atoms with E-state index in [1.54, 1.807) is 0 Å². The second-order valence-electron chi connectivity index (χ2n) is 1.56. The molecule has 0 atom stereocenters. The minimum atomic E-state index is 0.771. The summed E-state index contributed by atoms with van der Waals surface area (Å²) in [6.45, 7) is 3.97. The fourth-order valence-electron chi connectivity index (χ4n) is 0.491. The van der Waals surface area contributed by atoms with Crippen LogP contribution in [-0.4, -0.2) is 10.9 Å². The van der Waals surface area contributed by atoms with Gasteiger partial charge in [-0.05, 0) is 12.8 Å². The van der Waals surface area contributed by atoms with Gasteiger partial charge in [-0.25, -0.2) is 0 Å². The van der Waals surface area contributed by atoms with Gasteiger partial charge in [0, 0.05) is 6.42 Å². The highest BCUT2D eigenvalue weighted by Crippen LogP contribution is 1.92. The first-order chi connectivity index (χ1) is 3.85. The standard InChI is InChI=1S/C6H12NO/c1-3-5-6(4-2)7-8/h5,8H,3-4H2,1-2H3/b7-6+. The third kappa shape index (κ3) is 2.61. The predicted octanol–water partition coefficient (Wildman–Crippen LogP) is 1.84. The zero-order valence-corrected chi connectivity index (χ0v) is 5.39. The highest BCUT2D eigenvalue weighted by atomic mass is 16.4. The zero-order chi connectivity index (χ0) is 6.41. The average Bonchev–Trinajstić information content (AvgIpc) is 1.83. The first kappa shape index (κ1) is 7.47. The first-order valence-electron chi connectivity index (χ1n) is 2.89. The molecule has 2 nitrogen and oxygen atoms in total. The first-order valence-corrected chi connectivity index (χ1v) is 2.89. The van der Waals surface area contributed by atoms with Crippen molar-refractivity contribution in [2.75, 3.05) is 0 Å². The molecule has 1 N–H and O–H groups in total. The largest absolute Gasteiger partial charge is 0.411 e. The Labute approximate surface area is 50.2 Å². The van der Waals surface area contributed by atoms with Crippen LogP contribution in [0.1, 0.15) is 26.7 Å². The van der Waals surface area contributed by atoms with E-state index >= 15 is 0 Å². The Hall–Kier alpha value is -0.530. The van der Waals surface area contributed by atoms with E-state index in [0.717, 1.165) is 18.6 Å². The molecule has 8 heavy (non-hydrogen) atoms. The maximum Gasteiger partial charge on any atom is 0.0605 e. The summed E-state index contributed by atoms with van der Waals surface area (Å²) in [5, 5.41) is 11.3. The van der Waals surface area contributed by atoms with Gasteiger partial charge < -0.3 is 5.21 Å². The van der Waals surface area contributed by atoms with Gasteiger partial charge in [-0.2, -0.15) is 0 Å². The van der Waals surface area contributed by atoms with Gasteiger partial charge in [0.05, 0.1) is 5.71 Å². The van der Waals surface area contributed by atoms with Crippen LogP contribution in [0.25, 0.3) is 0 Å². The minimum absolute atomic E-state index is 0.771. The number of nitrogens with zero attached hydrogens (tertiary/aromatic N) is 1. The van der Waals surface area contributed by atoms with Crippen LogP contribution in [0.5, 0.6) is 0 Å². The molecule has 47 valence electrons. The number of oxime groups is 1. The highest BCUT2D eigenvalue weighted by Gasteiger charge is 1.91. The number of rotatable bonds is 3. The minimum Gasteiger partial charge on any atom is -0.411 e. The Morgan fingerprint density at radius 3 is 2.38 bits per heavy atom. The van der Waals surface area contributed by atoms with Crippen LogP contribution in [0.3, 0.4) is 0 Å².